The van der Waals surface area contributed by atoms with Crippen LogP contribution >= 0.6 is 0 Å². The first-order chi connectivity index (χ1) is 9.79. The van der Waals surface area contributed by atoms with E-state index in [1.807, 2.05) is 36.4 Å². The number of rotatable bonds is 2. The van der Waals surface area contributed by atoms with Gasteiger partial charge in [-0.05, 0) is 17.5 Å². The lowest BCUT2D eigenvalue weighted by Crippen LogP contribution is -2.48. The van der Waals surface area contributed by atoms with Crippen LogP contribution in [0.4, 0.5) is 5.82 Å². The number of fused-ring (bicyclic) bond motifs is 1. The van der Waals surface area contributed by atoms with Crippen molar-refractivity contribution in [2.24, 2.45) is 0 Å². The van der Waals surface area contributed by atoms with Crippen LogP contribution in [-0.4, -0.2) is 47.0 Å². The quantitative estimate of drug-likeness (QED) is 0.833. The van der Waals surface area contributed by atoms with E-state index in [0.717, 1.165) is 42.8 Å². The first-order valence-electron chi connectivity index (χ1n) is 7.01. The molecule has 0 unspecified atom stereocenters. The molecular weight excluding hydrogens is 252 g/mol. The molecule has 0 N–H and O–H groups in total. The summed E-state index contributed by atoms with van der Waals surface area (Å²) < 4.78 is 0. The maximum atomic E-state index is 11.7. The van der Waals surface area contributed by atoms with Gasteiger partial charge in [0, 0.05) is 56.6 Å². The molecule has 20 heavy (non-hydrogen) atoms. The summed E-state index contributed by atoms with van der Waals surface area (Å²) >= 11 is 0. The van der Waals surface area contributed by atoms with Crippen molar-refractivity contribution in [1.82, 2.24) is 14.9 Å². The number of piperazine rings is 1. The highest BCUT2D eigenvalue weighted by Crippen LogP contribution is 2.24. The Bertz CT molecular complexity index is 615. The van der Waals surface area contributed by atoms with E-state index in [-0.39, 0.29) is 5.91 Å². The van der Waals surface area contributed by atoms with Crippen LogP contribution in [0, 0.1) is 0 Å². The summed E-state index contributed by atoms with van der Waals surface area (Å²) in [5.41, 5.74) is 0. The molecule has 104 valence electrons. The van der Waals surface area contributed by atoms with Crippen LogP contribution in [0.1, 0.15) is 13.3 Å². The fourth-order valence-corrected chi connectivity index (χ4v) is 2.64. The monoisotopic (exact) mass is 270 g/mol. The Hall–Kier alpha value is -2.17. The van der Waals surface area contributed by atoms with Crippen molar-refractivity contribution >= 4 is 22.5 Å². The summed E-state index contributed by atoms with van der Waals surface area (Å²) in [6, 6.07) is 3.99. The number of hydrogen-bond donors (Lipinski definition) is 0. The lowest BCUT2D eigenvalue weighted by Gasteiger charge is -2.35. The van der Waals surface area contributed by atoms with E-state index >= 15 is 0 Å². The van der Waals surface area contributed by atoms with E-state index < -0.39 is 0 Å². The van der Waals surface area contributed by atoms with Gasteiger partial charge in [-0.3, -0.25) is 9.78 Å². The summed E-state index contributed by atoms with van der Waals surface area (Å²) in [7, 11) is 0. The number of pyridine rings is 2. The van der Waals surface area contributed by atoms with Crippen molar-refractivity contribution in [3.63, 3.8) is 0 Å². The molecule has 0 radical (unpaired) electrons. The van der Waals surface area contributed by atoms with Crippen LogP contribution in [0.2, 0.25) is 0 Å². The molecule has 1 fully saturated rings. The average Bonchev–Trinajstić information content (AvgIpc) is 2.54. The number of anilines is 1. The normalized spacial score (nSPS) is 15.7. The second-order valence-corrected chi connectivity index (χ2v) is 4.95. The van der Waals surface area contributed by atoms with Gasteiger partial charge >= 0.3 is 0 Å². The SMILES string of the molecule is CCC(=O)N1CCN(c2nccc3ccncc23)CC1. The number of carbonyl (C=O) groups is 1. The molecule has 2 aromatic heterocycles. The van der Waals surface area contributed by atoms with Gasteiger partial charge in [-0.15, -0.1) is 0 Å². The molecule has 0 aromatic carbocycles. The Kier molecular flexibility index (Phi) is 3.50. The zero-order chi connectivity index (χ0) is 13.9. The van der Waals surface area contributed by atoms with Gasteiger partial charge in [0.2, 0.25) is 5.91 Å². The van der Waals surface area contributed by atoms with Gasteiger partial charge in [0.25, 0.3) is 0 Å². The first kappa shape index (κ1) is 12.8. The second kappa shape index (κ2) is 5.45. The summed E-state index contributed by atoms with van der Waals surface area (Å²) in [6.07, 6.45) is 6.07. The largest absolute Gasteiger partial charge is 0.353 e. The maximum absolute atomic E-state index is 11.7. The third-order valence-electron chi connectivity index (χ3n) is 3.78. The highest BCUT2D eigenvalue weighted by atomic mass is 16.2. The summed E-state index contributed by atoms with van der Waals surface area (Å²) in [5.74, 6) is 1.20. The number of aromatic nitrogens is 2. The lowest BCUT2D eigenvalue weighted by molar-refractivity contribution is -0.131. The molecule has 1 aliphatic heterocycles. The van der Waals surface area contributed by atoms with E-state index in [2.05, 4.69) is 14.9 Å². The Labute approximate surface area is 118 Å². The van der Waals surface area contributed by atoms with Crippen molar-refractivity contribution < 1.29 is 4.79 Å². The molecule has 3 rings (SSSR count). The number of amides is 1. The summed E-state index contributed by atoms with van der Waals surface area (Å²) in [4.78, 5) is 24.6. The van der Waals surface area contributed by atoms with Crippen LogP contribution in [-0.2, 0) is 4.79 Å². The predicted octanol–water partition coefficient (Wildman–Crippen LogP) is 1.69. The first-order valence-corrected chi connectivity index (χ1v) is 7.01. The van der Waals surface area contributed by atoms with Crippen molar-refractivity contribution in [2.75, 3.05) is 31.1 Å². The number of nitrogens with zero attached hydrogens (tertiary/aromatic N) is 4. The zero-order valence-corrected chi connectivity index (χ0v) is 11.6. The zero-order valence-electron chi connectivity index (χ0n) is 11.6. The van der Waals surface area contributed by atoms with Gasteiger partial charge in [-0.1, -0.05) is 6.92 Å². The van der Waals surface area contributed by atoms with Crippen molar-refractivity contribution in [2.45, 2.75) is 13.3 Å². The van der Waals surface area contributed by atoms with Gasteiger partial charge in [0.1, 0.15) is 5.82 Å². The number of hydrogen-bond acceptors (Lipinski definition) is 4. The molecule has 2 aromatic rings. The molecule has 5 nitrogen and oxygen atoms in total. The molecule has 1 amide bonds. The molecule has 0 saturated carbocycles. The molecule has 0 bridgehead atoms. The van der Waals surface area contributed by atoms with Crippen LogP contribution < -0.4 is 4.90 Å². The predicted molar refractivity (Wildman–Crippen MR) is 78.6 cm³/mol. The molecule has 1 saturated heterocycles. The van der Waals surface area contributed by atoms with E-state index in [1.165, 1.54) is 0 Å². The third-order valence-corrected chi connectivity index (χ3v) is 3.78. The van der Waals surface area contributed by atoms with Crippen molar-refractivity contribution in [1.29, 1.82) is 0 Å². The van der Waals surface area contributed by atoms with Gasteiger partial charge in [0.15, 0.2) is 0 Å². The van der Waals surface area contributed by atoms with Gasteiger partial charge in [-0.25, -0.2) is 4.98 Å². The molecular formula is C15H18N4O. The maximum Gasteiger partial charge on any atom is 0.222 e. The van der Waals surface area contributed by atoms with Gasteiger partial charge in [-0.2, -0.15) is 0 Å². The Morgan fingerprint density at radius 3 is 2.70 bits per heavy atom. The Morgan fingerprint density at radius 2 is 1.95 bits per heavy atom. The van der Waals surface area contributed by atoms with E-state index in [4.69, 9.17) is 0 Å². The molecule has 1 aliphatic rings. The van der Waals surface area contributed by atoms with Crippen LogP contribution in [0.15, 0.2) is 30.7 Å². The number of carbonyl (C=O) groups excluding carboxylic acids is 1. The van der Waals surface area contributed by atoms with Gasteiger partial charge < -0.3 is 9.80 Å². The molecule has 0 aliphatic carbocycles. The lowest BCUT2D eigenvalue weighted by atomic mass is 10.2. The third kappa shape index (κ3) is 2.31. The molecule has 0 spiro atoms. The Morgan fingerprint density at radius 1 is 1.20 bits per heavy atom. The average molecular weight is 270 g/mol. The second-order valence-electron chi connectivity index (χ2n) is 4.95. The molecule has 5 heteroatoms. The van der Waals surface area contributed by atoms with Crippen LogP contribution in [0.5, 0.6) is 0 Å². The van der Waals surface area contributed by atoms with Gasteiger partial charge in [0.05, 0.1) is 0 Å². The minimum atomic E-state index is 0.234. The highest BCUT2D eigenvalue weighted by molar-refractivity contribution is 5.91. The smallest absolute Gasteiger partial charge is 0.222 e. The Balaban J connectivity index is 1.82. The topological polar surface area (TPSA) is 49.3 Å². The molecule has 0 atom stereocenters. The highest BCUT2D eigenvalue weighted by Gasteiger charge is 2.21. The van der Waals surface area contributed by atoms with Crippen molar-refractivity contribution in [3.05, 3.63) is 30.7 Å². The minimum absolute atomic E-state index is 0.234. The molecule has 3 heterocycles. The standard InChI is InChI=1S/C15H18N4O/c1-2-14(20)18-7-9-19(10-8-18)15-13-11-16-5-3-12(13)4-6-17-15/h3-6,11H,2,7-10H2,1H3. The van der Waals surface area contributed by atoms with Crippen LogP contribution in [0.25, 0.3) is 10.8 Å². The fraction of sp³-hybridized carbons (Fsp3) is 0.400. The summed E-state index contributed by atoms with van der Waals surface area (Å²) in [6.45, 7) is 5.10. The minimum Gasteiger partial charge on any atom is -0.353 e. The fourth-order valence-electron chi connectivity index (χ4n) is 2.64. The van der Waals surface area contributed by atoms with E-state index in [0.29, 0.717) is 6.42 Å². The van der Waals surface area contributed by atoms with E-state index in [9.17, 15) is 4.79 Å². The summed E-state index contributed by atoms with van der Waals surface area (Å²) in [5, 5.41) is 2.22. The van der Waals surface area contributed by atoms with Crippen molar-refractivity contribution in [3.8, 4) is 0 Å². The van der Waals surface area contributed by atoms with E-state index in [1.54, 1.807) is 6.20 Å². The van der Waals surface area contributed by atoms with Crippen LogP contribution in [0.3, 0.4) is 0 Å².